The lowest BCUT2D eigenvalue weighted by molar-refractivity contribution is 0.192. The molecule has 0 N–H and O–H groups in total. The highest BCUT2D eigenvalue weighted by molar-refractivity contribution is 5.89. The molecule has 1 aliphatic heterocycles. The molecular weight excluding hydrogens is 418 g/mol. The van der Waals surface area contributed by atoms with Crippen LogP contribution in [0.15, 0.2) is 70.8 Å². The van der Waals surface area contributed by atoms with Crippen LogP contribution in [0.1, 0.15) is 43.4 Å². The van der Waals surface area contributed by atoms with Crippen LogP contribution in [0.25, 0.3) is 22.1 Å². The van der Waals surface area contributed by atoms with Gasteiger partial charge in [0.25, 0.3) is 0 Å². The summed E-state index contributed by atoms with van der Waals surface area (Å²) >= 11 is 0. The molecule has 3 aromatic rings. The van der Waals surface area contributed by atoms with Crippen LogP contribution in [0.5, 0.6) is 0 Å². The molecular formula is C30H37N3O. The van der Waals surface area contributed by atoms with Crippen LogP contribution in [-0.2, 0) is 13.0 Å². The van der Waals surface area contributed by atoms with Crippen LogP contribution >= 0.6 is 0 Å². The van der Waals surface area contributed by atoms with Gasteiger partial charge in [0.05, 0.1) is 5.69 Å². The molecule has 2 heterocycles. The van der Waals surface area contributed by atoms with Gasteiger partial charge in [-0.2, -0.15) is 0 Å². The zero-order chi connectivity index (χ0) is 23.3. The predicted molar refractivity (Wildman–Crippen MR) is 141 cm³/mol. The number of piperidine rings is 1. The molecule has 0 amide bonds. The molecule has 2 aliphatic rings. The highest BCUT2D eigenvalue weighted by Crippen LogP contribution is 2.34. The lowest BCUT2D eigenvalue weighted by Crippen LogP contribution is -2.35. The van der Waals surface area contributed by atoms with E-state index in [1.165, 1.54) is 72.8 Å². The molecule has 4 nitrogen and oxygen atoms in total. The van der Waals surface area contributed by atoms with Gasteiger partial charge in [0, 0.05) is 24.0 Å². The van der Waals surface area contributed by atoms with E-state index < -0.39 is 0 Å². The third kappa shape index (κ3) is 5.34. The maximum atomic E-state index is 5.99. The number of allylic oxidation sites excluding steroid dienone is 2. The number of nitrogens with zero attached hydrogens (tertiary/aromatic N) is 3. The third-order valence-electron chi connectivity index (χ3n) is 7.35. The first-order chi connectivity index (χ1) is 16.7. The van der Waals surface area contributed by atoms with Crippen LogP contribution in [0.2, 0.25) is 0 Å². The van der Waals surface area contributed by atoms with Gasteiger partial charge in [-0.3, -0.25) is 4.90 Å². The Morgan fingerprint density at radius 3 is 2.59 bits per heavy atom. The standard InChI is InChI=1S/C30H37N3O/c1-32(2)22-28-26(25-11-7-4-8-12-25)14-15-27-29(31-34-30(27)28)16-13-23-17-19-33(20-18-23)21-24-9-5-3-6-10-24/h4-5,7-12,14-15,23H,3,6,13,16-22H2,1-2H3. The van der Waals surface area contributed by atoms with Crippen LogP contribution in [0.4, 0.5) is 0 Å². The molecule has 0 radical (unpaired) electrons. The maximum absolute atomic E-state index is 5.99. The first kappa shape index (κ1) is 23.1. The van der Waals surface area contributed by atoms with Crippen LogP contribution < -0.4 is 0 Å². The second-order valence-corrected chi connectivity index (χ2v) is 10.2. The van der Waals surface area contributed by atoms with E-state index in [4.69, 9.17) is 4.52 Å². The highest BCUT2D eigenvalue weighted by Gasteiger charge is 2.22. The summed E-state index contributed by atoms with van der Waals surface area (Å²) in [6.45, 7) is 4.38. The molecule has 1 fully saturated rings. The van der Waals surface area contributed by atoms with Crippen molar-refractivity contribution in [2.75, 3.05) is 33.7 Å². The number of aromatic nitrogens is 1. The summed E-state index contributed by atoms with van der Waals surface area (Å²) in [5.74, 6) is 0.781. The fraction of sp³-hybridized carbons (Fsp3) is 0.433. The molecule has 178 valence electrons. The average Bonchev–Trinajstić information content (AvgIpc) is 3.28. The fourth-order valence-electron chi connectivity index (χ4n) is 5.47. The normalized spacial score (nSPS) is 17.6. The van der Waals surface area contributed by atoms with E-state index >= 15 is 0 Å². The Labute approximate surface area is 203 Å². The van der Waals surface area contributed by atoms with Gasteiger partial charge in [0.15, 0.2) is 5.58 Å². The van der Waals surface area contributed by atoms with Crippen molar-refractivity contribution in [1.29, 1.82) is 0 Å². The fourth-order valence-corrected chi connectivity index (χ4v) is 5.47. The quantitative estimate of drug-likeness (QED) is 0.389. The molecule has 1 aromatic heterocycles. The van der Waals surface area contributed by atoms with Crippen molar-refractivity contribution in [3.8, 4) is 11.1 Å². The Morgan fingerprint density at radius 2 is 1.85 bits per heavy atom. The monoisotopic (exact) mass is 455 g/mol. The summed E-state index contributed by atoms with van der Waals surface area (Å²) in [6.07, 6.45) is 14.2. The largest absolute Gasteiger partial charge is 0.356 e. The Balaban J connectivity index is 1.25. The molecule has 0 saturated carbocycles. The first-order valence-electron chi connectivity index (χ1n) is 12.9. The van der Waals surface area contributed by atoms with Crippen LogP contribution in [0.3, 0.4) is 0 Å². The van der Waals surface area contributed by atoms with Gasteiger partial charge in [-0.25, -0.2) is 0 Å². The minimum Gasteiger partial charge on any atom is -0.356 e. The molecule has 4 heteroatoms. The lowest BCUT2D eigenvalue weighted by atomic mass is 9.90. The molecule has 1 saturated heterocycles. The molecule has 0 bridgehead atoms. The summed E-state index contributed by atoms with van der Waals surface area (Å²) in [7, 11) is 4.22. The van der Waals surface area contributed by atoms with E-state index in [0.29, 0.717) is 0 Å². The van der Waals surface area contributed by atoms with Gasteiger partial charge in [-0.05, 0) is 94.4 Å². The van der Waals surface area contributed by atoms with Gasteiger partial charge in [0.2, 0.25) is 0 Å². The molecule has 0 unspecified atom stereocenters. The Hall–Kier alpha value is -2.69. The second-order valence-electron chi connectivity index (χ2n) is 10.2. The summed E-state index contributed by atoms with van der Waals surface area (Å²) in [5, 5.41) is 5.74. The van der Waals surface area contributed by atoms with E-state index in [1.54, 1.807) is 0 Å². The summed E-state index contributed by atoms with van der Waals surface area (Å²) in [5.41, 5.74) is 7.27. The van der Waals surface area contributed by atoms with Gasteiger partial charge in [-0.15, -0.1) is 0 Å². The second kappa shape index (κ2) is 10.7. The number of aryl methyl sites for hydroxylation is 1. The number of fused-ring (bicyclic) bond motifs is 1. The van der Waals surface area contributed by atoms with Crippen molar-refractivity contribution in [2.24, 2.45) is 5.92 Å². The Kier molecular flexibility index (Phi) is 7.27. The molecule has 0 spiro atoms. The minimum atomic E-state index is 0.781. The predicted octanol–water partition coefficient (Wildman–Crippen LogP) is 6.48. The number of benzene rings is 2. The lowest BCUT2D eigenvalue weighted by Gasteiger charge is -2.32. The summed E-state index contributed by atoms with van der Waals surface area (Å²) in [4.78, 5) is 4.83. The topological polar surface area (TPSA) is 32.5 Å². The smallest absolute Gasteiger partial charge is 0.172 e. The summed E-state index contributed by atoms with van der Waals surface area (Å²) < 4.78 is 5.99. The zero-order valence-electron chi connectivity index (χ0n) is 20.7. The van der Waals surface area contributed by atoms with Crippen molar-refractivity contribution in [3.63, 3.8) is 0 Å². The maximum Gasteiger partial charge on any atom is 0.172 e. The van der Waals surface area contributed by atoms with Crippen molar-refractivity contribution >= 4 is 11.0 Å². The molecule has 34 heavy (non-hydrogen) atoms. The first-order valence-corrected chi connectivity index (χ1v) is 12.9. The minimum absolute atomic E-state index is 0.781. The SMILES string of the molecule is CN(C)Cc1c(-c2ccccc2)ccc2c(CCC3CCN(CC4=CCCC=C4)CC3)noc12. The number of rotatable bonds is 8. The molecule has 2 aromatic carbocycles. The molecule has 0 atom stereocenters. The van der Waals surface area contributed by atoms with E-state index in [2.05, 4.69) is 89.7 Å². The van der Waals surface area contributed by atoms with Crippen molar-refractivity contribution < 1.29 is 4.52 Å². The molecule has 5 rings (SSSR count). The third-order valence-corrected chi connectivity index (χ3v) is 7.35. The van der Waals surface area contributed by atoms with Gasteiger partial charge in [-0.1, -0.05) is 59.8 Å². The van der Waals surface area contributed by atoms with Gasteiger partial charge >= 0.3 is 0 Å². The number of likely N-dealkylation sites (tertiary alicyclic amines) is 1. The van der Waals surface area contributed by atoms with Crippen molar-refractivity contribution in [3.05, 3.63) is 77.5 Å². The van der Waals surface area contributed by atoms with Crippen molar-refractivity contribution in [2.45, 2.75) is 45.1 Å². The van der Waals surface area contributed by atoms with Crippen LogP contribution in [-0.4, -0.2) is 48.7 Å². The summed E-state index contributed by atoms with van der Waals surface area (Å²) in [6, 6.07) is 15.1. The van der Waals surface area contributed by atoms with E-state index in [9.17, 15) is 0 Å². The van der Waals surface area contributed by atoms with E-state index in [1.807, 2.05) is 0 Å². The van der Waals surface area contributed by atoms with Crippen molar-refractivity contribution in [1.82, 2.24) is 15.0 Å². The van der Waals surface area contributed by atoms with E-state index in [0.717, 1.165) is 36.7 Å². The number of hydrogen-bond acceptors (Lipinski definition) is 4. The number of hydrogen-bond donors (Lipinski definition) is 0. The zero-order valence-corrected chi connectivity index (χ0v) is 20.7. The Morgan fingerprint density at radius 1 is 1.03 bits per heavy atom. The average molecular weight is 456 g/mol. The van der Waals surface area contributed by atoms with E-state index in [-0.39, 0.29) is 0 Å². The van der Waals surface area contributed by atoms with Crippen LogP contribution in [0, 0.1) is 5.92 Å². The van der Waals surface area contributed by atoms with Gasteiger partial charge in [0.1, 0.15) is 0 Å². The van der Waals surface area contributed by atoms with Gasteiger partial charge < -0.3 is 9.42 Å². The Bertz CT molecular complexity index is 1150. The highest BCUT2D eigenvalue weighted by atomic mass is 16.5. The molecule has 1 aliphatic carbocycles.